The molecule has 11 heavy (non-hydrogen) atoms. The minimum atomic E-state index is 0.368. The third-order valence-electron chi connectivity index (χ3n) is 2.52. The number of nitrogens with one attached hydrogen (secondary N) is 1. The first-order chi connectivity index (χ1) is 5.24. The van der Waals surface area contributed by atoms with Crippen LogP contribution < -0.4 is 5.32 Å². The van der Waals surface area contributed by atoms with Crippen molar-refractivity contribution in [1.82, 2.24) is 5.32 Å². The van der Waals surface area contributed by atoms with E-state index in [1.165, 1.54) is 12.8 Å². The highest BCUT2D eigenvalue weighted by atomic mass is 15.0. The van der Waals surface area contributed by atoms with Gasteiger partial charge in [-0.05, 0) is 25.7 Å². The molecule has 3 atom stereocenters. The molecule has 0 aromatic carbocycles. The second-order valence-electron chi connectivity index (χ2n) is 3.59. The second-order valence-corrected chi connectivity index (χ2v) is 3.59. The average Bonchev–Trinajstić information content (AvgIpc) is 1.98. The van der Waals surface area contributed by atoms with Crippen LogP contribution in [0.1, 0.15) is 33.1 Å². The maximum absolute atomic E-state index is 8.42. The Kier molecular flexibility index (Phi) is 2.90. The molecule has 2 heteroatoms. The Morgan fingerprint density at radius 2 is 2.36 bits per heavy atom. The summed E-state index contributed by atoms with van der Waals surface area (Å²) >= 11 is 0. The monoisotopic (exact) mass is 152 g/mol. The lowest BCUT2D eigenvalue weighted by Crippen LogP contribution is -2.46. The number of hydrogen-bond acceptors (Lipinski definition) is 2. The molecule has 62 valence electrons. The zero-order valence-corrected chi connectivity index (χ0v) is 7.30. The van der Waals surface area contributed by atoms with Gasteiger partial charge in [0.15, 0.2) is 0 Å². The molecular weight excluding hydrogens is 136 g/mol. The summed E-state index contributed by atoms with van der Waals surface area (Å²) in [6, 6.07) is 3.22. The highest BCUT2D eigenvalue weighted by Crippen LogP contribution is 2.26. The summed E-state index contributed by atoms with van der Waals surface area (Å²) in [4.78, 5) is 0. The van der Waals surface area contributed by atoms with E-state index in [2.05, 4.69) is 25.2 Å². The summed E-state index contributed by atoms with van der Waals surface area (Å²) in [5.41, 5.74) is 0. The lowest BCUT2D eigenvalue weighted by Gasteiger charge is -2.36. The van der Waals surface area contributed by atoms with Crippen molar-refractivity contribution in [3.8, 4) is 6.07 Å². The fraction of sp³-hybridized carbons (Fsp3) is 0.889. The van der Waals surface area contributed by atoms with E-state index in [1.807, 2.05) is 0 Å². The molecule has 1 aliphatic carbocycles. The Bertz CT molecular complexity index is 159. The van der Waals surface area contributed by atoms with E-state index in [0.29, 0.717) is 18.5 Å². The third kappa shape index (κ3) is 2.20. The maximum atomic E-state index is 8.42. The van der Waals surface area contributed by atoms with E-state index in [0.717, 1.165) is 5.92 Å². The molecule has 1 aliphatic rings. The molecule has 1 rings (SSSR count). The molecular formula is C9H16N2. The van der Waals surface area contributed by atoms with Crippen LogP contribution in [0.25, 0.3) is 0 Å². The Labute approximate surface area is 68.6 Å². The average molecular weight is 152 g/mol. The van der Waals surface area contributed by atoms with Crippen LogP contribution in [0.3, 0.4) is 0 Å². The van der Waals surface area contributed by atoms with Crippen molar-refractivity contribution in [2.24, 2.45) is 5.92 Å². The molecule has 0 aliphatic heterocycles. The van der Waals surface area contributed by atoms with Gasteiger partial charge in [-0.1, -0.05) is 6.92 Å². The predicted molar refractivity (Wildman–Crippen MR) is 45.0 cm³/mol. The Morgan fingerprint density at radius 1 is 1.64 bits per heavy atom. The lowest BCUT2D eigenvalue weighted by atomic mass is 9.81. The van der Waals surface area contributed by atoms with Gasteiger partial charge in [-0.2, -0.15) is 5.26 Å². The molecule has 0 spiro atoms. The second kappa shape index (κ2) is 3.73. The fourth-order valence-electron chi connectivity index (χ4n) is 1.48. The van der Waals surface area contributed by atoms with Crippen molar-refractivity contribution in [3.63, 3.8) is 0 Å². The first kappa shape index (κ1) is 8.55. The Balaban J connectivity index is 2.15. The van der Waals surface area contributed by atoms with Gasteiger partial charge in [0.2, 0.25) is 0 Å². The smallest absolute Gasteiger partial charge is 0.0638 e. The third-order valence-corrected chi connectivity index (χ3v) is 2.52. The summed E-state index contributed by atoms with van der Waals surface area (Å²) in [6.07, 6.45) is 3.26. The molecule has 0 saturated heterocycles. The number of rotatable bonds is 3. The number of hydrogen-bond donors (Lipinski definition) is 1. The van der Waals surface area contributed by atoms with Crippen LogP contribution in [0.2, 0.25) is 0 Å². The van der Waals surface area contributed by atoms with Crippen molar-refractivity contribution in [1.29, 1.82) is 5.26 Å². The van der Waals surface area contributed by atoms with Crippen LogP contribution in [0.5, 0.6) is 0 Å². The molecule has 0 amide bonds. The van der Waals surface area contributed by atoms with Crippen molar-refractivity contribution in [3.05, 3.63) is 0 Å². The highest BCUT2D eigenvalue weighted by Gasteiger charge is 2.27. The van der Waals surface area contributed by atoms with Crippen molar-refractivity contribution < 1.29 is 0 Å². The zero-order valence-electron chi connectivity index (χ0n) is 7.30. The molecule has 1 fully saturated rings. The van der Waals surface area contributed by atoms with E-state index in [9.17, 15) is 0 Å². The van der Waals surface area contributed by atoms with Gasteiger partial charge in [0.05, 0.1) is 12.5 Å². The maximum Gasteiger partial charge on any atom is 0.0638 e. The standard InChI is InChI=1S/C9H16N2/c1-7-3-4-9(7)11-8(2)5-6-10/h7-9,11H,3-5H2,1-2H3. The predicted octanol–water partition coefficient (Wildman–Crippen LogP) is 1.68. The van der Waals surface area contributed by atoms with Crippen LogP contribution in [0, 0.1) is 17.2 Å². The minimum absolute atomic E-state index is 0.368. The van der Waals surface area contributed by atoms with E-state index >= 15 is 0 Å². The molecule has 0 radical (unpaired) electrons. The molecule has 2 nitrogen and oxygen atoms in total. The highest BCUT2D eigenvalue weighted by molar-refractivity contribution is 4.87. The Hall–Kier alpha value is -0.550. The van der Waals surface area contributed by atoms with Gasteiger partial charge in [0.1, 0.15) is 0 Å². The van der Waals surface area contributed by atoms with Gasteiger partial charge in [-0.3, -0.25) is 0 Å². The molecule has 0 heterocycles. The van der Waals surface area contributed by atoms with Crippen LogP contribution in [-0.4, -0.2) is 12.1 Å². The molecule has 0 bridgehead atoms. The van der Waals surface area contributed by atoms with E-state index in [-0.39, 0.29) is 0 Å². The van der Waals surface area contributed by atoms with Crippen molar-refractivity contribution in [2.45, 2.75) is 45.2 Å². The summed E-state index contributed by atoms with van der Waals surface area (Å²) in [5.74, 6) is 0.816. The van der Waals surface area contributed by atoms with Gasteiger partial charge >= 0.3 is 0 Å². The van der Waals surface area contributed by atoms with Gasteiger partial charge in [-0.15, -0.1) is 0 Å². The Morgan fingerprint density at radius 3 is 2.73 bits per heavy atom. The van der Waals surface area contributed by atoms with Crippen LogP contribution >= 0.6 is 0 Å². The minimum Gasteiger partial charge on any atom is -0.310 e. The fourth-order valence-corrected chi connectivity index (χ4v) is 1.48. The van der Waals surface area contributed by atoms with E-state index in [4.69, 9.17) is 5.26 Å². The van der Waals surface area contributed by atoms with Crippen LogP contribution in [-0.2, 0) is 0 Å². The summed E-state index contributed by atoms with van der Waals surface area (Å²) in [7, 11) is 0. The van der Waals surface area contributed by atoms with E-state index < -0.39 is 0 Å². The largest absolute Gasteiger partial charge is 0.310 e. The van der Waals surface area contributed by atoms with Crippen LogP contribution in [0.4, 0.5) is 0 Å². The van der Waals surface area contributed by atoms with Crippen molar-refractivity contribution >= 4 is 0 Å². The van der Waals surface area contributed by atoms with Crippen molar-refractivity contribution in [2.75, 3.05) is 0 Å². The van der Waals surface area contributed by atoms with Gasteiger partial charge in [-0.25, -0.2) is 0 Å². The molecule has 1 N–H and O–H groups in total. The van der Waals surface area contributed by atoms with E-state index in [1.54, 1.807) is 0 Å². The van der Waals surface area contributed by atoms with Gasteiger partial charge in [0, 0.05) is 12.1 Å². The van der Waals surface area contributed by atoms with Crippen LogP contribution in [0.15, 0.2) is 0 Å². The molecule has 0 aromatic heterocycles. The molecule has 0 aromatic rings. The number of nitrogens with zero attached hydrogens (tertiary/aromatic N) is 1. The SMILES string of the molecule is CC(CC#N)NC1CCC1C. The zero-order chi connectivity index (χ0) is 8.27. The first-order valence-electron chi connectivity index (χ1n) is 4.37. The van der Waals surface area contributed by atoms with Gasteiger partial charge in [0.25, 0.3) is 0 Å². The van der Waals surface area contributed by atoms with Gasteiger partial charge < -0.3 is 5.32 Å². The molecule has 3 unspecified atom stereocenters. The topological polar surface area (TPSA) is 35.8 Å². The summed E-state index contributed by atoms with van der Waals surface area (Å²) in [5, 5.41) is 11.9. The quantitative estimate of drug-likeness (QED) is 0.667. The lowest BCUT2D eigenvalue weighted by molar-refractivity contribution is 0.214. The molecule has 1 saturated carbocycles. The summed E-state index contributed by atoms with van der Waals surface area (Å²) < 4.78 is 0. The summed E-state index contributed by atoms with van der Waals surface area (Å²) in [6.45, 7) is 4.34. The number of nitriles is 1. The first-order valence-corrected chi connectivity index (χ1v) is 4.37. The normalized spacial score (nSPS) is 32.1.